The van der Waals surface area contributed by atoms with Crippen molar-refractivity contribution < 1.29 is 4.79 Å². The molecule has 1 fully saturated rings. The Bertz CT molecular complexity index is 651. The van der Waals surface area contributed by atoms with Gasteiger partial charge in [0.25, 0.3) is 0 Å². The SMILES string of the molecule is Cn1ccnc1C1CCN(C(=O)NCCn2cc(Br)cn2)C1. The highest BCUT2D eigenvalue weighted by Gasteiger charge is 2.29. The van der Waals surface area contributed by atoms with Gasteiger partial charge in [0.1, 0.15) is 5.82 Å². The summed E-state index contributed by atoms with van der Waals surface area (Å²) in [6.07, 6.45) is 8.34. The maximum absolute atomic E-state index is 12.2. The molecule has 7 nitrogen and oxygen atoms in total. The highest BCUT2D eigenvalue weighted by Crippen LogP contribution is 2.25. The molecule has 22 heavy (non-hydrogen) atoms. The van der Waals surface area contributed by atoms with Crippen molar-refractivity contribution in [2.75, 3.05) is 19.6 Å². The van der Waals surface area contributed by atoms with E-state index in [9.17, 15) is 4.79 Å². The molecule has 3 rings (SSSR count). The molecule has 8 heteroatoms. The summed E-state index contributed by atoms with van der Waals surface area (Å²) in [5.41, 5.74) is 0. The van der Waals surface area contributed by atoms with Crippen LogP contribution in [0.15, 0.2) is 29.3 Å². The fraction of sp³-hybridized carbons (Fsp3) is 0.500. The topological polar surface area (TPSA) is 68.0 Å². The van der Waals surface area contributed by atoms with E-state index >= 15 is 0 Å². The van der Waals surface area contributed by atoms with Gasteiger partial charge in [-0.3, -0.25) is 4.68 Å². The average molecular weight is 367 g/mol. The summed E-state index contributed by atoms with van der Waals surface area (Å²) >= 11 is 3.35. The number of amides is 2. The molecule has 2 aromatic heterocycles. The van der Waals surface area contributed by atoms with Crippen molar-refractivity contribution in [1.29, 1.82) is 0 Å². The van der Waals surface area contributed by atoms with E-state index in [1.54, 1.807) is 17.1 Å². The number of aryl methyl sites for hydroxylation is 1. The average Bonchev–Trinajstić information content (AvgIpc) is 3.19. The minimum atomic E-state index is -0.0112. The Balaban J connectivity index is 1.46. The molecule has 1 unspecified atom stereocenters. The van der Waals surface area contributed by atoms with Crippen molar-refractivity contribution in [1.82, 2.24) is 29.5 Å². The lowest BCUT2D eigenvalue weighted by Crippen LogP contribution is -2.39. The van der Waals surface area contributed by atoms with Crippen molar-refractivity contribution >= 4 is 22.0 Å². The fourth-order valence-electron chi connectivity index (χ4n) is 2.78. The van der Waals surface area contributed by atoms with Crippen molar-refractivity contribution in [3.05, 3.63) is 35.1 Å². The Kier molecular flexibility index (Phi) is 4.47. The normalized spacial score (nSPS) is 17.9. The molecule has 0 bridgehead atoms. The predicted molar refractivity (Wildman–Crippen MR) is 85.5 cm³/mol. The quantitative estimate of drug-likeness (QED) is 0.892. The van der Waals surface area contributed by atoms with Crippen molar-refractivity contribution in [2.24, 2.45) is 7.05 Å². The molecule has 0 spiro atoms. The maximum Gasteiger partial charge on any atom is 0.317 e. The third-order valence-corrected chi connectivity index (χ3v) is 4.33. The van der Waals surface area contributed by atoms with Gasteiger partial charge in [-0.05, 0) is 22.4 Å². The van der Waals surface area contributed by atoms with Gasteiger partial charge in [0.05, 0.1) is 17.2 Å². The first-order chi connectivity index (χ1) is 10.6. The smallest absolute Gasteiger partial charge is 0.317 e. The Morgan fingerprint density at radius 1 is 1.55 bits per heavy atom. The van der Waals surface area contributed by atoms with Crippen molar-refractivity contribution in [2.45, 2.75) is 18.9 Å². The molecule has 1 atom stereocenters. The van der Waals surface area contributed by atoms with Gasteiger partial charge in [0.15, 0.2) is 0 Å². The molecule has 0 radical (unpaired) electrons. The lowest BCUT2D eigenvalue weighted by atomic mass is 10.1. The van der Waals surface area contributed by atoms with Crippen LogP contribution in [0.25, 0.3) is 0 Å². The maximum atomic E-state index is 12.2. The second kappa shape index (κ2) is 6.51. The van der Waals surface area contributed by atoms with Crippen LogP contribution >= 0.6 is 15.9 Å². The van der Waals surface area contributed by atoms with Gasteiger partial charge in [-0.1, -0.05) is 0 Å². The van der Waals surface area contributed by atoms with Gasteiger partial charge < -0.3 is 14.8 Å². The number of halogens is 1. The zero-order valence-electron chi connectivity index (χ0n) is 12.4. The molecule has 1 aliphatic heterocycles. The molecule has 1 N–H and O–H groups in total. The Hall–Kier alpha value is -1.83. The molecule has 2 aromatic rings. The van der Waals surface area contributed by atoms with Gasteiger partial charge in [-0.15, -0.1) is 0 Å². The van der Waals surface area contributed by atoms with E-state index in [-0.39, 0.29) is 6.03 Å². The van der Waals surface area contributed by atoms with Crippen LogP contribution in [0.1, 0.15) is 18.2 Å². The number of urea groups is 1. The molecule has 2 amide bonds. The molecule has 3 heterocycles. The second-order valence-corrected chi connectivity index (χ2v) is 6.40. The van der Waals surface area contributed by atoms with E-state index < -0.39 is 0 Å². The van der Waals surface area contributed by atoms with Gasteiger partial charge in [0.2, 0.25) is 0 Å². The predicted octanol–water partition coefficient (Wildman–Crippen LogP) is 1.58. The minimum Gasteiger partial charge on any atom is -0.338 e. The molecule has 0 aliphatic carbocycles. The van der Waals surface area contributed by atoms with Crippen LogP contribution in [0.3, 0.4) is 0 Å². The van der Waals surface area contributed by atoms with Crippen LogP contribution in [-0.2, 0) is 13.6 Å². The number of hydrogen-bond acceptors (Lipinski definition) is 3. The lowest BCUT2D eigenvalue weighted by Gasteiger charge is -2.17. The molecular weight excluding hydrogens is 348 g/mol. The summed E-state index contributed by atoms with van der Waals surface area (Å²) < 4.78 is 4.77. The zero-order valence-corrected chi connectivity index (χ0v) is 14.0. The second-order valence-electron chi connectivity index (χ2n) is 5.48. The number of carbonyl (C=O) groups excluding carboxylic acids is 1. The van der Waals surface area contributed by atoms with Gasteiger partial charge in [-0.25, -0.2) is 9.78 Å². The number of aromatic nitrogens is 4. The Morgan fingerprint density at radius 2 is 2.41 bits per heavy atom. The molecule has 118 valence electrons. The van der Waals surface area contributed by atoms with E-state index in [1.807, 2.05) is 28.9 Å². The third-order valence-electron chi connectivity index (χ3n) is 3.92. The van der Waals surface area contributed by atoms with Gasteiger partial charge >= 0.3 is 6.03 Å². The van der Waals surface area contributed by atoms with Crippen molar-refractivity contribution in [3.8, 4) is 0 Å². The summed E-state index contributed by atoms with van der Waals surface area (Å²) in [5, 5.41) is 7.11. The van der Waals surface area contributed by atoms with Crippen LogP contribution in [0.4, 0.5) is 4.79 Å². The highest BCUT2D eigenvalue weighted by molar-refractivity contribution is 9.10. The fourth-order valence-corrected chi connectivity index (χ4v) is 3.10. The van der Waals surface area contributed by atoms with E-state index in [0.29, 0.717) is 19.0 Å². The largest absolute Gasteiger partial charge is 0.338 e. The zero-order chi connectivity index (χ0) is 15.5. The third kappa shape index (κ3) is 3.32. The molecular formula is C14H19BrN6O. The number of nitrogens with zero attached hydrogens (tertiary/aromatic N) is 5. The Morgan fingerprint density at radius 3 is 3.09 bits per heavy atom. The van der Waals surface area contributed by atoms with E-state index in [2.05, 4.69) is 31.3 Å². The van der Waals surface area contributed by atoms with Gasteiger partial charge in [-0.2, -0.15) is 5.10 Å². The standard InChI is InChI=1S/C14H19BrN6O/c1-19-6-3-16-13(19)11-2-5-20(9-11)14(22)17-4-7-21-10-12(15)8-18-21/h3,6,8,10-11H,2,4-5,7,9H2,1H3,(H,17,22). The highest BCUT2D eigenvalue weighted by atomic mass is 79.9. The molecule has 0 aromatic carbocycles. The minimum absolute atomic E-state index is 0.0112. The van der Waals surface area contributed by atoms with E-state index in [4.69, 9.17) is 0 Å². The number of nitrogens with one attached hydrogen (secondary N) is 1. The van der Waals surface area contributed by atoms with Crippen LogP contribution < -0.4 is 5.32 Å². The summed E-state index contributed by atoms with van der Waals surface area (Å²) in [6.45, 7) is 2.73. The molecule has 1 saturated heterocycles. The molecule has 1 aliphatic rings. The molecule has 0 saturated carbocycles. The monoisotopic (exact) mass is 366 g/mol. The van der Waals surface area contributed by atoms with Crippen LogP contribution in [0.2, 0.25) is 0 Å². The van der Waals surface area contributed by atoms with Crippen LogP contribution in [-0.4, -0.2) is 49.9 Å². The van der Waals surface area contributed by atoms with Crippen molar-refractivity contribution in [3.63, 3.8) is 0 Å². The van der Waals surface area contributed by atoms with Gasteiger partial charge in [0, 0.05) is 51.2 Å². The number of hydrogen-bond donors (Lipinski definition) is 1. The summed E-state index contributed by atoms with van der Waals surface area (Å²) in [6, 6.07) is -0.0112. The number of likely N-dealkylation sites (tertiary alicyclic amines) is 1. The number of rotatable bonds is 4. The lowest BCUT2D eigenvalue weighted by molar-refractivity contribution is 0.207. The summed E-state index contributed by atoms with van der Waals surface area (Å²) in [7, 11) is 1.99. The Labute approximate surface area is 137 Å². The van der Waals surface area contributed by atoms with E-state index in [0.717, 1.165) is 29.8 Å². The first-order valence-electron chi connectivity index (χ1n) is 7.31. The van der Waals surface area contributed by atoms with E-state index in [1.165, 1.54) is 0 Å². The number of carbonyl (C=O) groups is 1. The summed E-state index contributed by atoms with van der Waals surface area (Å²) in [4.78, 5) is 18.4. The number of imidazole rings is 1. The summed E-state index contributed by atoms with van der Waals surface area (Å²) in [5.74, 6) is 1.38. The van der Waals surface area contributed by atoms with Crippen LogP contribution in [0.5, 0.6) is 0 Å². The first-order valence-corrected chi connectivity index (χ1v) is 8.11. The first kappa shape index (κ1) is 15.1. The van der Waals surface area contributed by atoms with Crippen LogP contribution in [0, 0.1) is 0 Å².